The summed E-state index contributed by atoms with van der Waals surface area (Å²) in [5, 5.41) is 0.628. The Labute approximate surface area is 106 Å². The summed E-state index contributed by atoms with van der Waals surface area (Å²) < 4.78 is 5.69. The molecule has 0 unspecified atom stereocenters. The highest BCUT2D eigenvalue weighted by Crippen LogP contribution is 2.24. The summed E-state index contributed by atoms with van der Waals surface area (Å²) in [6.45, 7) is 4.27. The van der Waals surface area contributed by atoms with Crippen LogP contribution >= 0.6 is 11.6 Å². The molecule has 86 valence electrons. The third-order valence-electron chi connectivity index (χ3n) is 2.49. The maximum atomic E-state index is 6.02. The minimum absolute atomic E-state index is 0.492. The molecular weight excluding hydrogens is 232 g/mol. The Morgan fingerprint density at radius 1 is 1.06 bits per heavy atom. The van der Waals surface area contributed by atoms with Crippen molar-refractivity contribution in [3.8, 4) is 5.75 Å². The van der Waals surface area contributed by atoms with E-state index in [-0.39, 0.29) is 0 Å². The summed E-state index contributed by atoms with van der Waals surface area (Å²) in [5.41, 5.74) is 2.18. The van der Waals surface area contributed by atoms with Crippen molar-refractivity contribution in [2.75, 3.05) is 0 Å². The van der Waals surface area contributed by atoms with Crippen LogP contribution in [0.15, 0.2) is 55.1 Å². The summed E-state index contributed by atoms with van der Waals surface area (Å²) >= 11 is 6.02. The molecule has 2 rings (SSSR count). The van der Waals surface area contributed by atoms with Crippen molar-refractivity contribution < 1.29 is 4.74 Å². The molecule has 0 saturated heterocycles. The zero-order valence-corrected chi connectivity index (χ0v) is 10.2. The Bertz CT molecular complexity index is 520. The first-order valence-corrected chi connectivity index (χ1v) is 5.76. The van der Waals surface area contributed by atoms with Crippen LogP contribution in [-0.2, 0) is 6.61 Å². The highest BCUT2D eigenvalue weighted by molar-refractivity contribution is 6.32. The molecule has 0 fully saturated rings. The number of ether oxygens (including phenoxy) is 1. The fraction of sp³-hybridized carbons (Fsp3) is 0.0667. The van der Waals surface area contributed by atoms with E-state index in [0.29, 0.717) is 17.4 Å². The van der Waals surface area contributed by atoms with Crippen molar-refractivity contribution in [1.82, 2.24) is 0 Å². The van der Waals surface area contributed by atoms with Crippen molar-refractivity contribution in [2.24, 2.45) is 0 Å². The second kappa shape index (κ2) is 5.55. The van der Waals surface area contributed by atoms with Gasteiger partial charge in [0.2, 0.25) is 0 Å². The Morgan fingerprint density at radius 3 is 2.53 bits per heavy atom. The molecular formula is C15H13ClO. The van der Waals surface area contributed by atoms with E-state index in [1.807, 2.05) is 54.6 Å². The van der Waals surface area contributed by atoms with Crippen LogP contribution in [0, 0.1) is 0 Å². The molecule has 1 nitrogen and oxygen atoms in total. The van der Waals surface area contributed by atoms with Gasteiger partial charge >= 0.3 is 0 Å². The van der Waals surface area contributed by atoms with E-state index in [9.17, 15) is 0 Å². The summed E-state index contributed by atoms with van der Waals surface area (Å²) in [6.07, 6.45) is 1.82. The Kier molecular flexibility index (Phi) is 3.84. The number of halogens is 1. The van der Waals surface area contributed by atoms with Crippen molar-refractivity contribution in [1.29, 1.82) is 0 Å². The van der Waals surface area contributed by atoms with E-state index in [2.05, 4.69) is 6.58 Å². The molecule has 0 amide bonds. The minimum atomic E-state index is 0.492. The molecule has 2 aromatic rings. The molecule has 0 aliphatic heterocycles. The van der Waals surface area contributed by atoms with E-state index < -0.39 is 0 Å². The normalized spacial score (nSPS) is 9.94. The fourth-order valence-electron chi connectivity index (χ4n) is 1.58. The van der Waals surface area contributed by atoms with Crippen molar-refractivity contribution >= 4 is 17.7 Å². The molecule has 0 radical (unpaired) electrons. The lowest BCUT2D eigenvalue weighted by Gasteiger charge is -2.09. The lowest BCUT2D eigenvalue weighted by atomic mass is 10.1. The molecule has 2 aromatic carbocycles. The average molecular weight is 245 g/mol. The van der Waals surface area contributed by atoms with Crippen LogP contribution in [0.4, 0.5) is 0 Å². The molecule has 0 aliphatic carbocycles. The van der Waals surface area contributed by atoms with Gasteiger partial charge in [-0.2, -0.15) is 0 Å². The third-order valence-corrected chi connectivity index (χ3v) is 2.81. The van der Waals surface area contributed by atoms with Gasteiger partial charge in [-0.05, 0) is 23.3 Å². The van der Waals surface area contributed by atoms with Gasteiger partial charge in [0.15, 0.2) is 0 Å². The van der Waals surface area contributed by atoms with Crippen molar-refractivity contribution in [3.63, 3.8) is 0 Å². The number of hydrogen-bond donors (Lipinski definition) is 0. The van der Waals surface area contributed by atoms with Crippen LogP contribution in [0.3, 0.4) is 0 Å². The molecule has 0 spiro atoms. The van der Waals surface area contributed by atoms with Gasteiger partial charge < -0.3 is 4.74 Å². The smallest absolute Gasteiger partial charge is 0.138 e. The molecule has 0 aliphatic rings. The van der Waals surface area contributed by atoms with E-state index >= 15 is 0 Å². The second-order valence-corrected chi connectivity index (χ2v) is 4.03. The summed E-state index contributed by atoms with van der Waals surface area (Å²) in [6, 6.07) is 15.5. The summed E-state index contributed by atoms with van der Waals surface area (Å²) in [7, 11) is 0. The highest BCUT2D eigenvalue weighted by Gasteiger charge is 2.02. The molecule has 0 N–H and O–H groups in total. The van der Waals surface area contributed by atoms with Crippen LogP contribution in [0.5, 0.6) is 5.75 Å². The average Bonchev–Trinajstić information content (AvgIpc) is 2.38. The largest absolute Gasteiger partial charge is 0.487 e. The van der Waals surface area contributed by atoms with Crippen LogP contribution in [0.1, 0.15) is 11.1 Å². The van der Waals surface area contributed by atoms with Crippen LogP contribution in [-0.4, -0.2) is 0 Å². The Morgan fingerprint density at radius 2 is 1.76 bits per heavy atom. The predicted octanol–water partition coefficient (Wildman–Crippen LogP) is 4.56. The monoisotopic (exact) mass is 244 g/mol. The maximum absolute atomic E-state index is 6.02. The lowest BCUT2D eigenvalue weighted by molar-refractivity contribution is 0.306. The zero-order valence-electron chi connectivity index (χ0n) is 9.40. The molecule has 0 atom stereocenters. The first-order chi connectivity index (χ1) is 8.31. The van der Waals surface area contributed by atoms with Crippen molar-refractivity contribution in [3.05, 3.63) is 71.3 Å². The van der Waals surface area contributed by atoms with Crippen molar-refractivity contribution in [2.45, 2.75) is 6.61 Å². The van der Waals surface area contributed by atoms with Gasteiger partial charge in [-0.25, -0.2) is 0 Å². The zero-order chi connectivity index (χ0) is 12.1. The minimum Gasteiger partial charge on any atom is -0.487 e. The van der Waals surface area contributed by atoms with Crippen LogP contribution in [0.2, 0.25) is 5.02 Å². The van der Waals surface area contributed by atoms with E-state index in [1.165, 1.54) is 0 Å². The number of rotatable bonds is 4. The number of para-hydroxylation sites is 1. The standard InChI is InChI=1S/C15H13ClO/c1-2-12-7-3-4-8-13(12)11-17-15-10-6-5-9-14(15)16/h2-10H,1,11H2. The SMILES string of the molecule is C=Cc1ccccc1COc1ccccc1Cl. The van der Waals surface area contributed by atoms with Gasteiger partial charge in [-0.15, -0.1) is 0 Å². The van der Waals surface area contributed by atoms with E-state index in [0.717, 1.165) is 11.1 Å². The van der Waals surface area contributed by atoms with Gasteiger partial charge in [0.05, 0.1) is 5.02 Å². The van der Waals surface area contributed by atoms with E-state index in [4.69, 9.17) is 16.3 Å². The van der Waals surface area contributed by atoms with Gasteiger partial charge in [0, 0.05) is 0 Å². The number of benzene rings is 2. The molecule has 0 bridgehead atoms. The quantitative estimate of drug-likeness (QED) is 0.766. The highest BCUT2D eigenvalue weighted by atomic mass is 35.5. The first-order valence-electron chi connectivity index (χ1n) is 5.39. The number of hydrogen-bond acceptors (Lipinski definition) is 1. The third kappa shape index (κ3) is 2.89. The Balaban J connectivity index is 2.13. The summed E-state index contributed by atoms with van der Waals surface area (Å²) in [5.74, 6) is 0.702. The molecule has 17 heavy (non-hydrogen) atoms. The van der Waals surface area contributed by atoms with Gasteiger partial charge in [0.25, 0.3) is 0 Å². The Hall–Kier alpha value is -1.73. The van der Waals surface area contributed by atoms with Gasteiger partial charge in [-0.3, -0.25) is 0 Å². The summed E-state index contributed by atoms with van der Waals surface area (Å²) in [4.78, 5) is 0. The van der Waals surface area contributed by atoms with Gasteiger partial charge in [0.1, 0.15) is 12.4 Å². The fourth-order valence-corrected chi connectivity index (χ4v) is 1.77. The van der Waals surface area contributed by atoms with Crippen LogP contribution in [0.25, 0.3) is 6.08 Å². The predicted molar refractivity (Wildman–Crippen MR) is 72.3 cm³/mol. The van der Waals surface area contributed by atoms with E-state index in [1.54, 1.807) is 0 Å². The molecule has 0 saturated carbocycles. The second-order valence-electron chi connectivity index (χ2n) is 3.62. The molecule has 0 aromatic heterocycles. The maximum Gasteiger partial charge on any atom is 0.138 e. The topological polar surface area (TPSA) is 9.23 Å². The molecule has 2 heteroatoms. The first kappa shape index (κ1) is 11.7. The van der Waals surface area contributed by atoms with Crippen LogP contribution < -0.4 is 4.74 Å². The van der Waals surface area contributed by atoms with Gasteiger partial charge in [-0.1, -0.05) is 60.7 Å². The lowest BCUT2D eigenvalue weighted by Crippen LogP contribution is -1.97. The molecule has 0 heterocycles.